The smallest absolute Gasteiger partial charge is 0.291 e. The molecule has 1 aliphatic rings. The van der Waals surface area contributed by atoms with Gasteiger partial charge in [-0.2, -0.15) is 8.42 Å². The normalized spacial score (nSPS) is 28.0. The van der Waals surface area contributed by atoms with Gasteiger partial charge in [0.25, 0.3) is 10.1 Å². The van der Waals surface area contributed by atoms with E-state index in [1.54, 1.807) is 13.0 Å². The van der Waals surface area contributed by atoms with Gasteiger partial charge in [-0.3, -0.25) is 4.55 Å². The molecule has 1 aliphatic carbocycles. The SMILES string of the molecule is COC1=CC=C(C)CC1(N)S(=O)(=O)O. The van der Waals surface area contributed by atoms with E-state index in [-0.39, 0.29) is 12.2 Å². The standard InChI is InChI=1S/C8H13NO4S/c1-6-3-4-7(13-2)8(9,5-6)14(10,11)12/h3-4H,5,9H2,1-2H3,(H,10,11,12). The fourth-order valence-electron chi connectivity index (χ4n) is 1.38. The molecular weight excluding hydrogens is 206 g/mol. The average Bonchev–Trinajstić information content (AvgIpc) is 2.02. The monoisotopic (exact) mass is 219 g/mol. The second-order valence-corrected chi connectivity index (χ2v) is 4.97. The zero-order valence-electron chi connectivity index (χ0n) is 8.02. The molecular formula is C8H13NO4S. The summed E-state index contributed by atoms with van der Waals surface area (Å²) in [6.45, 7) is 1.73. The molecule has 0 aromatic heterocycles. The lowest BCUT2D eigenvalue weighted by Crippen LogP contribution is -2.50. The highest BCUT2D eigenvalue weighted by Gasteiger charge is 2.45. The lowest BCUT2D eigenvalue weighted by Gasteiger charge is -2.30. The molecule has 1 atom stereocenters. The number of allylic oxidation sites excluding steroid dienone is 2. The summed E-state index contributed by atoms with van der Waals surface area (Å²) in [6, 6.07) is 0. The van der Waals surface area contributed by atoms with Crippen LogP contribution in [-0.2, 0) is 14.9 Å². The van der Waals surface area contributed by atoms with Crippen LogP contribution in [0.15, 0.2) is 23.5 Å². The highest BCUT2D eigenvalue weighted by molar-refractivity contribution is 7.87. The third-order valence-corrected chi connectivity index (χ3v) is 3.42. The third-order valence-electron chi connectivity index (χ3n) is 2.16. The Balaban J connectivity index is 3.25. The van der Waals surface area contributed by atoms with E-state index in [4.69, 9.17) is 15.0 Å². The van der Waals surface area contributed by atoms with Crippen molar-refractivity contribution in [1.29, 1.82) is 0 Å². The van der Waals surface area contributed by atoms with Gasteiger partial charge < -0.3 is 10.5 Å². The molecule has 0 spiro atoms. The molecule has 5 nitrogen and oxygen atoms in total. The van der Waals surface area contributed by atoms with Crippen molar-refractivity contribution in [2.75, 3.05) is 7.11 Å². The van der Waals surface area contributed by atoms with Gasteiger partial charge in [-0.05, 0) is 13.0 Å². The van der Waals surface area contributed by atoms with E-state index in [0.29, 0.717) is 0 Å². The number of hydrogen-bond acceptors (Lipinski definition) is 4. The molecule has 0 saturated carbocycles. The Morgan fingerprint density at radius 1 is 1.57 bits per heavy atom. The molecule has 1 rings (SSSR count). The summed E-state index contributed by atoms with van der Waals surface area (Å²) in [4.78, 5) is -1.85. The highest BCUT2D eigenvalue weighted by atomic mass is 32.2. The van der Waals surface area contributed by atoms with Crippen LogP contribution < -0.4 is 5.73 Å². The van der Waals surface area contributed by atoms with Crippen LogP contribution >= 0.6 is 0 Å². The van der Waals surface area contributed by atoms with Crippen LogP contribution in [0.25, 0.3) is 0 Å². The van der Waals surface area contributed by atoms with Crippen molar-refractivity contribution < 1.29 is 17.7 Å². The van der Waals surface area contributed by atoms with Crippen molar-refractivity contribution >= 4 is 10.1 Å². The van der Waals surface area contributed by atoms with Gasteiger partial charge in [0, 0.05) is 6.42 Å². The zero-order valence-corrected chi connectivity index (χ0v) is 8.84. The molecule has 3 N–H and O–H groups in total. The first-order valence-corrected chi connectivity index (χ1v) is 5.43. The van der Waals surface area contributed by atoms with E-state index in [9.17, 15) is 8.42 Å². The van der Waals surface area contributed by atoms with E-state index in [0.717, 1.165) is 5.57 Å². The fraction of sp³-hybridized carbons (Fsp3) is 0.500. The van der Waals surface area contributed by atoms with Gasteiger partial charge in [-0.15, -0.1) is 0 Å². The lowest BCUT2D eigenvalue weighted by molar-refractivity contribution is 0.241. The van der Waals surface area contributed by atoms with Crippen LogP contribution in [0, 0.1) is 0 Å². The molecule has 1 unspecified atom stereocenters. The average molecular weight is 219 g/mol. The molecule has 80 valence electrons. The molecule has 14 heavy (non-hydrogen) atoms. The summed E-state index contributed by atoms with van der Waals surface area (Å²) in [5.74, 6) is 0.0469. The van der Waals surface area contributed by atoms with Crippen LogP contribution in [0.5, 0.6) is 0 Å². The van der Waals surface area contributed by atoms with Crippen molar-refractivity contribution in [3.63, 3.8) is 0 Å². The molecule has 0 fully saturated rings. The number of nitrogens with two attached hydrogens (primary N) is 1. The molecule has 0 radical (unpaired) electrons. The minimum atomic E-state index is -4.38. The van der Waals surface area contributed by atoms with Crippen molar-refractivity contribution in [2.45, 2.75) is 18.2 Å². The van der Waals surface area contributed by atoms with Crippen molar-refractivity contribution in [3.8, 4) is 0 Å². The molecule has 0 saturated heterocycles. The minimum Gasteiger partial charge on any atom is -0.498 e. The molecule has 0 aliphatic heterocycles. The Morgan fingerprint density at radius 2 is 2.14 bits per heavy atom. The van der Waals surface area contributed by atoms with E-state index < -0.39 is 15.0 Å². The number of ether oxygens (including phenoxy) is 1. The van der Waals surface area contributed by atoms with Gasteiger partial charge in [0.05, 0.1) is 7.11 Å². The predicted molar refractivity (Wildman–Crippen MR) is 51.9 cm³/mol. The summed E-state index contributed by atoms with van der Waals surface area (Å²) >= 11 is 0. The third kappa shape index (κ3) is 1.68. The van der Waals surface area contributed by atoms with Crippen LogP contribution in [-0.4, -0.2) is 25.0 Å². The Bertz CT molecular complexity index is 396. The summed E-state index contributed by atoms with van der Waals surface area (Å²) < 4.78 is 36.1. The quantitative estimate of drug-likeness (QED) is 0.656. The second kappa shape index (κ2) is 3.38. The first-order chi connectivity index (χ1) is 6.31. The lowest BCUT2D eigenvalue weighted by atomic mass is 10.0. The maximum atomic E-state index is 11.1. The van der Waals surface area contributed by atoms with Gasteiger partial charge in [0.2, 0.25) is 4.87 Å². The largest absolute Gasteiger partial charge is 0.498 e. The first kappa shape index (κ1) is 11.2. The van der Waals surface area contributed by atoms with Gasteiger partial charge in [-0.1, -0.05) is 11.6 Å². The minimum absolute atomic E-state index is 0.0332. The maximum Gasteiger partial charge on any atom is 0.291 e. The number of hydrogen-bond donors (Lipinski definition) is 2. The van der Waals surface area contributed by atoms with Crippen molar-refractivity contribution in [1.82, 2.24) is 0 Å². The van der Waals surface area contributed by atoms with Gasteiger partial charge in [0.15, 0.2) is 0 Å². The molecule has 0 aromatic carbocycles. The molecule has 0 heterocycles. The Hall–Kier alpha value is -0.850. The molecule has 0 bridgehead atoms. The van der Waals surface area contributed by atoms with Gasteiger partial charge in [-0.25, -0.2) is 0 Å². The van der Waals surface area contributed by atoms with E-state index in [1.165, 1.54) is 13.2 Å². The van der Waals surface area contributed by atoms with E-state index in [2.05, 4.69) is 0 Å². The summed E-state index contributed by atoms with van der Waals surface area (Å²) in [5.41, 5.74) is 6.38. The van der Waals surface area contributed by atoms with Crippen LogP contribution in [0.1, 0.15) is 13.3 Å². The van der Waals surface area contributed by atoms with Crippen LogP contribution in [0.2, 0.25) is 0 Å². The molecule has 6 heteroatoms. The summed E-state index contributed by atoms with van der Waals surface area (Å²) in [7, 11) is -3.06. The van der Waals surface area contributed by atoms with E-state index >= 15 is 0 Å². The Kier molecular flexibility index (Phi) is 2.71. The highest BCUT2D eigenvalue weighted by Crippen LogP contribution is 2.31. The Labute approximate surface area is 83.0 Å². The fourth-order valence-corrected chi connectivity index (χ4v) is 2.19. The molecule has 0 amide bonds. The summed E-state index contributed by atoms with van der Waals surface area (Å²) in [6.07, 6.45) is 3.19. The molecule has 0 aromatic rings. The van der Waals surface area contributed by atoms with Crippen LogP contribution in [0.3, 0.4) is 0 Å². The van der Waals surface area contributed by atoms with Gasteiger partial charge >= 0.3 is 0 Å². The Morgan fingerprint density at radius 3 is 2.57 bits per heavy atom. The van der Waals surface area contributed by atoms with Crippen molar-refractivity contribution in [3.05, 3.63) is 23.5 Å². The van der Waals surface area contributed by atoms with Gasteiger partial charge in [0.1, 0.15) is 5.76 Å². The topological polar surface area (TPSA) is 89.6 Å². The first-order valence-electron chi connectivity index (χ1n) is 3.99. The number of rotatable bonds is 2. The van der Waals surface area contributed by atoms with Crippen molar-refractivity contribution in [2.24, 2.45) is 5.73 Å². The van der Waals surface area contributed by atoms with Crippen LogP contribution in [0.4, 0.5) is 0 Å². The maximum absolute atomic E-state index is 11.1. The predicted octanol–water partition coefficient (Wildman–Crippen LogP) is 0.410. The zero-order chi connectivity index (χ0) is 11.0. The number of methoxy groups -OCH3 is 1. The second-order valence-electron chi connectivity index (χ2n) is 3.29. The van der Waals surface area contributed by atoms with E-state index in [1.807, 2.05) is 0 Å². The summed E-state index contributed by atoms with van der Waals surface area (Å²) in [5, 5.41) is 0.